The number of aromatic nitrogens is 3. The fraction of sp³-hybridized carbons (Fsp3) is 0.412. The lowest BCUT2D eigenvalue weighted by atomic mass is 10.1. The summed E-state index contributed by atoms with van der Waals surface area (Å²) in [5.41, 5.74) is 1.97. The molecule has 1 aliphatic heterocycles. The zero-order valence-electron chi connectivity index (χ0n) is 13.9. The molecule has 0 bridgehead atoms. The number of carbonyl (C=O) groups is 1. The van der Waals surface area contributed by atoms with Gasteiger partial charge >= 0.3 is 0 Å². The van der Waals surface area contributed by atoms with E-state index >= 15 is 0 Å². The molecular weight excluding hydrogens is 306 g/mol. The van der Waals surface area contributed by atoms with Crippen LogP contribution in [0.2, 0.25) is 0 Å². The SMILES string of the molecule is COCC(=O)N1CC[C@@H](c2ccnc(Nc3ncccc3C)n2)C1. The Morgan fingerprint density at radius 1 is 1.38 bits per heavy atom. The number of amides is 1. The number of hydrogen-bond acceptors (Lipinski definition) is 6. The Bertz CT molecular complexity index is 722. The zero-order chi connectivity index (χ0) is 16.9. The van der Waals surface area contributed by atoms with E-state index in [2.05, 4.69) is 20.3 Å². The highest BCUT2D eigenvalue weighted by Crippen LogP contribution is 2.26. The second-order valence-electron chi connectivity index (χ2n) is 5.86. The number of ether oxygens (including phenoxy) is 1. The third-order valence-corrected chi connectivity index (χ3v) is 4.14. The molecule has 2 aromatic rings. The number of nitrogens with one attached hydrogen (secondary N) is 1. The molecule has 126 valence electrons. The van der Waals surface area contributed by atoms with E-state index in [4.69, 9.17) is 4.74 Å². The number of hydrogen-bond donors (Lipinski definition) is 1. The fourth-order valence-corrected chi connectivity index (χ4v) is 2.83. The smallest absolute Gasteiger partial charge is 0.248 e. The van der Waals surface area contributed by atoms with E-state index in [1.54, 1.807) is 12.4 Å². The van der Waals surface area contributed by atoms with Crippen LogP contribution in [-0.2, 0) is 9.53 Å². The van der Waals surface area contributed by atoms with Crippen LogP contribution in [0, 0.1) is 6.92 Å². The van der Waals surface area contributed by atoms with Crippen molar-refractivity contribution in [2.24, 2.45) is 0 Å². The third-order valence-electron chi connectivity index (χ3n) is 4.14. The quantitative estimate of drug-likeness (QED) is 0.903. The summed E-state index contributed by atoms with van der Waals surface area (Å²) in [4.78, 5) is 26.9. The molecule has 1 atom stereocenters. The predicted octanol–water partition coefficient (Wildman–Crippen LogP) is 1.89. The molecule has 0 spiro atoms. The van der Waals surface area contributed by atoms with E-state index in [1.165, 1.54) is 7.11 Å². The standard InChI is InChI=1S/C17H21N5O2/c1-12-4-3-7-18-16(12)21-17-19-8-5-14(20-17)13-6-9-22(10-13)15(23)11-24-2/h3-5,7-8,13H,6,9-11H2,1-2H3,(H,18,19,20,21)/t13-/m1/s1. The molecule has 1 fully saturated rings. The minimum atomic E-state index is 0.0246. The fourth-order valence-electron chi connectivity index (χ4n) is 2.83. The molecule has 7 nitrogen and oxygen atoms in total. The molecule has 0 aromatic carbocycles. The summed E-state index contributed by atoms with van der Waals surface area (Å²) in [5.74, 6) is 1.52. The summed E-state index contributed by atoms with van der Waals surface area (Å²) in [7, 11) is 1.54. The van der Waals surface area contributed by atoms with Gasteiger partial charge in [0.2, 0.25) is 11.9 Å². The van der Waals surface area contributed by atoms with Crippen LogP contribution in [0.3, 0.4) is 0 Å². The van der Waals surface area contributed by atoms with Crippen molar-refractivity contribution in [3.05, 3.63) is 41.9 Å². The number of nitrogens with zero attached hydrogens (tertiary/aromatic N) is 4. The lowest BCUT2D eigenvalue weighted by Gasteiger charge is -2.16. The van der Waals surface area contributed by atoms with E-state index < -0.39 is 0 Å². The van der Waals surface area contributed by atoms with E-state index in [9.17, 15) is 4.79 Å². The lowest BCUT2D eigenvalue weighted by molar-refractivity contribution is -0.134. The first kappa shape index (κ1) is 16.3. The molecule has 1 aliphatic rings. The molecule has 1 N–H and O–H groups in total. The molecule has 3 rings (SSSR count). The number of methoxy groups -OCH3 is 1. The highest BCUT2D eigenvalue weighted by atomic mass is 16.5. The van der Waals surface area contributed by atoms with Crippen molar-refractivity contribution in [1.82, 2.24) is 19.9 Å². The first-order valence-electron chi connectivity index (χ1n) is 7.95. The number of likely N-dealkylation sites (tertiary alicyclic amines) is 1. The van der Waals surface area contributed by atoms with Gasteiger partial charge < -0.3 is 15.0 Å². The van der Waals surface area contributed by atoms with Crippen molar-refractivity contribution in [1.29, 1.82) is 0 Å². The van der Waals surface area contributed by atoms with Gasteiger partial charge in [0.05, 0.1) is 5.69 Å². The van der Waals surface area contributed by atoms with Gasteiger partial charge in [-0.3, -0.25) is 4.79 Å². The summed E-state index contributed by atoms with van der Waals surface area (Å²) in [6, 6.07) is 5.78. The number of aryl methyl sites for hydroxylation is 1. The van der Waals surface area contributed by atoms with Gasteiger partial charge in [-0.2, -0.15) is 0 Å². The van der Waals surface area contributed by atoms with Crippen LogP contribution in [0.15, 0.2) is 30.6 Å². The average Bonchev–Trinajstić information content (AvgIpc) is 3.08. The minimum Gasteiger partial charge on any atom is -0.375 e. The maximum atomic E-state index is 11.9. The minimum absolute atomic E-state index is 0.0246. The molecule has 7 heteroatoms. The van der Waals surface area contributed by atoms with Crippen molar-refractivity contribution >= 4 is 17.7 Å². The summed E-state index contributed by atoms with van der Waals surface area (Å²) >= 11 is 0. The third kappa shape index (κ3) is 3.68. The Balaban J connectivity index is 1.70. The van der Waals surface area contributed by atoms with Crippen molar-refractivity contribution in [3.63, 3.8) is 0 Å². The molecule has 0 radical (unpaired) electrons. The van der Waals surface area contributed by atoms with Gasteiger partial charge in [-0.1, -0.05) is 6.07 Å². The van der Waals surface area contributed by atoms with Gasteiger partial charge in [0, 0.05) is 38.5 Å². The van der Waals surface area contributed by atoms with Crippen LogP contribution in [0.5, 0.6) is 0 Å². The van der Waals surface area contributed by atoms with Gasteiger partial charge in [-0.25, -0.2) is 15.0 Å². The molecule has 0 unspecified atom stereocenters. The first-order valence-corrected chi connectivity index (χ1v) is 7.95. The highest BCUT2D eigenvalue weighted by molar-refractivity contribution is 5.77. The molecule has 0 saturated carbocycles. The Kier molecular flexibility index (Phi) is 5.00. The predicted molar refractivity (Wildman–Crippen MR) is 90.1 cm³/mol. The molecule has 24 heavy (non-hydrogen) atoms. The number of rotatable bonds is 5. The second kappa shape index (κ2) is 7.35. The normalized spacial score (nSPS) is 17.1. The summed E-state index contributed by atoms with van der Waals surface area (Å²) < 4.78 is 4.92. The Labute approximate surface area is 141 Å². The van der Waals surface area contributed by atoms with Crippen LogP contribution >= 0.6 is 0 Å². The van der Waals surface area contributed by atoms with E-state index in [1.807, 2.05) is 30.0 Å². The average molecular weight is 327 g/mol. The van der Waals surface area contributed by atoms with Crippen molar-refractivity contribution in [2.75, 3.05) is 32.1 Å². The second-order valence-corrected chi connectivity index (χ2v) is 5.86. The maximum Gasteiger partial charge on any atom is 0.248 e. The monoisotopic (exact) mass is 327 g/mol. The van der Waals surface area contributed by atoms with Crippen LogP contribution in [0.4, 0.5) is 11.8 Å². The molecule has 1 saturated heterocycles. The van der Waals surface area contributed by atoms with Crippen molar-refractivity contribution in [3.8, 4) is 0 Å². The van der Waals surface area contributed by atoms with Crippen LogP contribution in [0.25, 0.3) is 0 Å². The van der Waals surface area contributed by atoms with E-state index in [-0.39, 0.29) is 18.4 Å². The highest BCUT2D eigenvalue weighted by Gasteiger charge is 2.28. The molecule has 2 aromatic heterocycles. The van der Waals surface area contributed by atoms with Crippen molar-refractivity contribution < 1.29 is 9.53 Å². The molecule has 3 heterocycles. The van der Waals surface area contributed by atoms with E-state index in [0.717, 1.165) is 30.0 Å². The molecule has 0 aliphatic carbocycles. The number of carbonyl (C=O) groups excluding carboxylic acids is 1. The zero-order valence-corrected chi connectivity index (χ0v) is 13.9. The van der Waals surface area contributed by atoms with Gasteiger partial charge in [-0.15, -0.1) is 0 Å². The van der Waals surface area contributed by atoms with Gasteiger partial charge in [0.1, 0.15) is 12.4 Å². The largest absolute Gasteiger partial charge is 0.375 e. The van der Waals surface area contributed by atoms with Crippen LogP contribution < -0.4 is 5.32 Å². The van der Waals surface area contributed by atoms with Crippen molar-refractivity contribution in [2.45, 2.75) is 19.3 Å². The first-order chi connectivity index (χ1) is 11.7. The Morgan fingerprint density at radius 3 is 3.04 bits per heavy atom. The summed E-state index contributed by atoms with van der Waals surface area (Å²) in [6.07, 6.45) is 4.37. The molecule has 1 amide bonds. The summed E-state index contributed by atoms with van der Waals surface area (Å²) in [5, 5.41) is 3.16. The van der Waals surface area contributed by atoms with Crippen LogP contribution in [0.1, 0.15) is 23.6 Å². The van der Waals surface area contributed by atoms with Gasteiger partial charge in [-0.05, 0) is 31.0 Å². The summed E-state index contributed by atoms with van der Waals surface area (Å²) in [6.45, 7) is 3.51. The number of pyridine rings is 1. The maximum absolute atomic E-state index is 11.9. The molecular formula is C17H21N5O2. The van der Waals surface area contributed by atoms with Gasteiger partial charge in [0.15, 0.2) is 0 Å². The number of anilines is 2. The van der Waals surface area contributed by atoms with Gasteiger partial charge in [0.25, 0.3) is 0 Å². The Morgan fingerprint density at radius 2 is 2.25 bits per heavy atom. The van der Waals surface area contributed by atoms with E-state index in [0.29, 0.717) is 12.5 Å². The Hall–Kier alpha value is -2.54. The topological polar surface area (TPSA) is 80.2 Å². The van der Waals surface area contributed by atoms with Crippen LogP contribution in [-0.4, -0.2) is 52.6 Å². The lowest BCUT2D eigenvalue weighted by Crippen LogP contribution is -2.31.